The number of ether oxygens (including phenoxy) is 1. The van der Waals surface area contributed by atoms with Crippen LogP contribution in [0.1, 0.15) is 50.3 Å². The fourth-order valence-electron chi connectivity index (χ4n) is 2.25. The topological polar surface area (TPSA) is 29.5 Å². The molecule has 0 fully saturated rings. The van der Waals surface area contributed by atoms with Gasteiger partial charge in [-0.1, -0.05) is 19.9 Å². The van der Waals surface area contributed by atoms with Crippen LogP contribution in [0, 0.1) is 5.92 Å². The van der Waals surface area contributed by atoms with Gasteiger partial charge < -0.3 is 9.84 Å². The van der Waals surface area contributed by atoms with Gasteiger partial charge in [-0.25, -0.2) is 0 Å². The third-order valence-electron chi connectivity index (χ3n) is 3.33. The van der Waals surface area contributed by atoms with Crippen molar-refractivity contribution in [3.8, 4) is 5.75 Å². The van der Waals surface area contributed by atoms with E-state index in [4.69, 9.17) is 4.74 Å². The molecule has 1 heterocycles. The van der Waals surface area contributed by atoms with Gasteiger partial charge in [-0.15, -0.1) is 0 Å². The van der Waals surface area contributed by atoms with Crippen molar-refractivity contribution in [3.05, 3.63) is 29.3 Å². The molecule has 2 heteroatoms. The lowest BCUT2D eigenvalue weighted by Crippen LogP contribution is -2.09. The van der Waals surface area contributed by atoms with Gasteiger partial charge in [-0.3, -0.25) is 0 Å². The standard InChI is InChI=1S/C15H22O2/c1-11(2)5-7-14(16)12-6-8-15-13(10-12)4-3-9-17-15/h6,8,10-11,14,16H,3-5,7,9H2,1-2H3. The third-order valence-corrected chi connectivity index (χ3v) is 3.33. The summed E-state index contributed by atoms with van der Waals surface area (Å²) in [4.78, 5) is 0. The van der Waals surface area contributed by atoms with Crippen molar-refractivity contribution in [2.45, 2.75) is 45.6 Å². The molecule has 17 heavy (non-hydrogen) atoms. The summed E-state index contributed by atoms with van der Waals surface area (Å²) in [6.45, 7) is 5.20. The van der Waals surface area contributed by atoms with Crippen LogP contribution < -0.4 is 4.74 Å². The Kier molecular flexibility index (Phi) is 4.06. The van der Waals surface area contributed by atoms with E-state index in [-0.39, 0.29) is 6.10 Å². The minimum absolute atomic E-state index is 0.329. The number of aryl methyl sites for hydroxylation is 1. The maximum Gasteiger partial charge on any atom is 0.122 e. The summed E-state index contributed by atoms with van der Waals surface area (Å²) in [5, 5.41) is 10.1. The van der Waals surface area contributed by atoms with Crippen LogP contribution in [-0.2, 0) is 6.42 Å². The van der Waals surface area contributed by atoms with Crippen molar-refractivity contribution in [3.63, 3.8) is 0 Å². The fraction of sp³-hybridized carbons (Fsp3) is 0.600. The zero-order valence-electron chi connectivity index (χ0n) is 10.8. The molecule has 0 aliphatic carbocycles. The monoisotopic (exact) mass is 234 g/mol. The predicted octanol–water partition coefficient (Wildman–Crippen LogP) is 3.48. The average Bonchev–Trinajstić information content (AvgIpc) is 2.35. The van der Waals surface area contributed by atoms with Gasteiger partial charge >= 0.3 is 0 Å². The normalized spacial score (nSPS) is 16.5. The zero-order valence-corrected chi connectivity index (χ0v) is 10.8. The number of benzene rings is 1. The molecule has 0 aromatic heterocycles. The molecule has 0 radical (unpaired) electrons. The molecule has 0 spiro atoms. The van der Waals surface area contributed by atoms with Gasteiger partial charge in [0.05, 0.1) is 12.7 Å². The van der Waals surface area contributed by atoms with Crippen molar-refractivity contribution >= 4 is 0 Å². The molecule has 1 unspecified atom stereocenters. The molecular weight excluding hydrogens is 212 g/mol. The Morgan fingerprint density at radius 2 is 2.12 bits per heavy atom. The van der Waals surface area contributed by atoms with E-state index >= 15 is 0 Å². The average molecular weight is 234 g/mol. The van der Waals surface area contributed by atoms with Gasteiger partial charge in [0.25, 0.3) is 0 Å². The number of hydrogen-bond acceptors (Lipinski definition) is 2. The lowest BCUT2D eigenvalue weighted by molar-refractivity contribution is 0.159. The van der Waals surface area contributed by atoms with E-state index < -0.39 is 0 Å². The van der Waals surface area contributed by atoms with Crippen LogP contribution in [0.2, 0.25) is 0 Å². The molecule has 0 saturated heterocycles. The lowest BCUT2D eigenvalue weighted by Gasteiger charge is -2.19. The molecule has 1 atom stereocenters. The molecule has 0 saturated carbocycles. The second kappa shape index (κ2) is 5.54. The zero-order chi connectivity index (χ0) is 12.3. The summed E-state index contributed by atoms with van der Waals surface area (Å²) in [5.74, 6) is 1.64. The van der Waals surface area contributed by atoms with E-state index in [1.54, 1.807) is 0 Å². The first kappa shape index (κ1) is 12.4. The van der Waals surface area contributed by atoms with Crippen LogP contribution in [0.4, 0.5) is 0 Å². The Balaban J connectivity index is 2.05. The summed E-state index contributed by atoms with van der Waals surface area (Å²) in [6.07, 6.45) is 3.73. The van der Waals surface area contributed by atoms with Gasteiger partial charge in [0, 0.05) is 0 Å². The van der Waals surface area contributed by atoms with Crippen molar-refractivity contribution in [1.29, 1.82) is 0 Å². The van der Waals surface area contributed by atoms with Crippen LogP contribution >= 0.6 is 0 Å². The summed E-state index contributed by atoms with van der Waals surface area (Å²) < 4.78 is 5.57. The van der Waals surface area contributed by atoms with Crippen LogP contribution in [0.25, 0.3) is 0 Å². The van der Waals surface area contributed by atoms with Crippen molar-refractivity contribution in [2.24, 2.45) is 5.92 Å². The van der Waals surface area contributed by atoms with Crippen molar-refractivity contribution in [1.82, 2.24) is 0 Å². The first-order valence-electron chi connectivity index (χ1n) is 6.60. The highest BCUT2D eigenvalue weighted by Crippen LogP contribution is 2.29. The summed E-state index contributed by atoms with van der Waals surface area (Å²) >= 11 is 0. The molecule has 1 aromatic carbocycles. The van der Waals surface area contributed by atoms with Crippen LogP contribution in [0.3, 0.4) is 0 Å². The molecule has 1 aliphatic rings. The highest BCUT2D eigenvalue weighted by Gasteiger charge is 2.14. The number of hydrogen-bond donors (Lipinski definition) is 1. The predicted molar refractivity (Wildman–Crippen MR) is 69.3 cm³/mol. The molecule has 1 N–H and O–H groups in total. The molecular formula is C15H22O2. The SMILES string of the molecule is CC(C)CCC(O)c1ccc2c(c1)CCCO2. The molecule has 94 valence electrons. The van der Waals surface area contributed by atoms with Crippen LogP contribution in [0.5, 0.6) is 5.75 Å². The molecule has 2 nitrogen and oxygen atoms in total. The quantitative estimate of drug-likeness (QED) is 0.864. The first-order valence-corrected chi connectivity index (χ1v) is 6.60. The Morgan fingerprint density at radius 1 is 1.29 bits per heavy atom. The summed E-state index contributed by atoms with van der Waals surface area (Å²) in [5.41, 5.74) is 2.28. The minimum atomic E-state index is -0.329. The Hall–Kier alpha value is -1.02. The van der Waals surface area contributed by atoms with E-state index in [0.29, 0.717) is 5.92 Å². The number of aliphatic hydroxyl groups is 1. The molecule has 0 bridgehead atoms. The van der Waals surface area contributed by atoms with E-state index in [0.717, 1.165) is 43.6 Å². The van der Waals surface area contributed by atoms with Crippen LogP contribution in [-0.4, -0.2) is 11.7 Å². The van der Waals surface area contributed by atoms with E-state index in [2.05, 4.69) is 19.9 Å². The summed E-state index contributed by atoms with van der Waals surface area (Å²) in [6, 6.07) is 6.11. The molecule has 1 aromatic rings. The van der Waals surface area contributed by atoms with E-state index in [1.165, 1.54) is 5.56 Å². The van der Waals surface area contributed by atoms with Crippen molar-refractivity contribution in [2.75, 3.05) is 6.61 Å². The van der Waals surface area contributed by atoms with Crippen molar-refractivity contribution < 1.29 is 9.84 Å². The molecule has 2 rings (SSSR count). The van der Waals surface area contributed by atoms with Gasteiger partial charge in [-0.2, -0.15) is 0 Å². The fourth-order valence-corrected chi connectivity index (χ4v) is 2.25. The number of rotatable bonds is 4. The Morgan fingerprint density at radius 3 is 2.88 bits per heavy atom. The first-order chi connectivity index (χ1) is 8.16. The van der Waals surface area contributed by atoms with E-state index in [1.807, 2.05) is 12.1 Å². The highest BCUT2D eigenvalue weighted by atomic mass is 16.5. The van der Waals surface area contributed by atoms with E-state index in [9.17, 15) is 5.11 Å². The Bertz CT molecular complexity index is 371. The lowest BCUT2D eigenvalue weighted by atomic mass is 9.96. The Labute approximate surface area is 104 Å². The summed E-state index contributed by atoms with van der Waals surface area (Å²) in [7, 11) is 0. The van der Waals surface area contributed by atoms with Gasteiger partial charge in [-0.05, 0) is 54.9 Å². The highest BCUT2D eigenvalue weighted by molar-refractivity contribution is 5.39. The van der Waals surface area contributed by atoms with Gasteiger partial charge in [0.1, 0.15) is 5.75 Å². The third kappa shape index (κ3) is 3.22. The molecule has 0 amide bonds. The number of aliphatic hydroxyl groups excluding tert-OH is 1. The smallest absolute Gasteiger partial charge is 0.122 e. The maximum absolute atomic E-state index is 10.1. The second-order valence-electron chi connectivity index (χ2n) is 5.31. The largest absolute Gasteiger partial charge is 0.493 e. The molecule has 1 aliphatic heterocycles. The van der Waals surface area contributed by atoms with Crippen LogP contribution in [0.15, 0.2) is 18.2 Å². The second-order valence-corrected chi connectivity index (χ2v) is 5.31. The number of fused-ring (bicyclic) bond motifs is 1. The minimum Gasteiger partial charge on any atom is -0.493 e. The maximum atomic E-state index is 10.1. The van der Waals surface area contributed by atoms with Gasteiger partial charge in [0.15, 0.2) is 0 Å². The van der Waals surface area contributed by atoms with Gasteiger partial charge in [0.2, 0.25) is 0 Å².